The molecule has 0 aliphatic carbocycles. The number of aromatic nitrogens is 1. The van der Waals surface area contributed by atoms with E-state index in [0.29, 0.717) is 18.8 Å². The number of hydrogen-bond donors (Lipinski definition) is 1. The molecule has 0 spiro atoms. The Bertz CT molecular complexity index is 470. The first-order chi connectivity index (χ1) is 8.70. The average Bonchev–Trinajstić information content (AvgIpc) is 2.44. The lowest BCUT2D eigenvalue weighted by atomic mass is 9.78. The molecular formula is C15H23NO3. The van der Waals surface area contributed by atoms with Crippen molar-refractivity contribution >= 4 is 0 Å². The van der Waals surface area contributed by atoms with Gasteiger partial charge in [0, 0.05) is 18.2 Å². The molecule has 2 heterocycles. The van der Waals surface area contributed by atoms with Crippen molar-refractivity contribution in [2.24, 2.45) is 0 Å². The van der Waals surface area contributed by atoms with Crippen LogP contribution in [-0.4, -0.2) is 27.9 Å². The van der Waals surface area contributed by atoms with Gasteiger partial charge >= 0.3 is 0 Å². The molecule has 0 amide bonds. The van der Waals surface area contributed by atoms with E-state index in [9.17, 15) is 5.11 Å². The zero-order chi connectivity index (χ0) is 14.3. The van der Waals surface area contributed by atoms with E-state index in [4.69, 9.17) is 9.47 Å². The van der Waals surface area contributed by atoms with E-state index >= 15 is 0 Å². The smallest absolute Gasteiger partial charge is 0.137 e. The van der Waals surface area contributed by atoms with Crippen molar-refractivity contribution in [2.75, 3.05) is 6.61 Å². The standard InChI is InChI=1S/C15H23NO3/c1-6-18-12-7-11(8-16-9-12)15(17)10-13(2,3)19-14(15,4)5/h7-9,17H,6,10H2,1-5H3. The van der Waals surface area contributed by atoms with Crippen molar-refractivity contribution < 1.29 is 14.6 Å². The summed E-state index contributed by atoms with van der Waals surface area (Å²) in [4.78, 5) is 4.17. The number of hydrogen-bond acceptors (Lipinski definition) is 4. The van der Waals surface area contributed by atoms with E-state index in [1.54, 1.807) is 12.4 Å². The molecule has 1 fully saturated rings. The number of aliphatic hydroxyl groups is 1. The van der Waals surface area contributed by atoms with Crippen molar-refractivity contribution in [3.8, 4) is 5.75 Å². The van der Waals surface area contributed by atoms with Crippen LogP contribution in [0.15, 0.2) is 18.5 Å². The molecule has 0 bridgehead atoms. The molecule has 4 nitrogen and oxygen atoms in total. The van der Waals surface area contributed by atoms with Crippen LogP contribution >= 0.6 is 0 Å². The maximum Gasteiger partial charge on any atom is 0.137 e. The fourth-order valence-electron chi connectivity index (χ4n) is 2.98. The normalized spacial score (nSPS) is 28.3. The molecule has 2 rings (SSSR count). The predicted octanol–water partition coefficient (Wildman–Crippen LogP) is 2.65. The number of ether oxygens (including phenoxy) is 2. The van der Waals surface area contributed by atoms with Gasteiger partial charge in [0.1, 0.15) is 11.4 Å². The molecule has 4 heteroatoms. The molecule has 106 valence electrons. The van der Waals surface area contributed by atoms with Crippen LogP contribution in [0.5, 0.6) is 5.75 Å². The highest BCUT2D eigenvalue weighted by Crippen LogP contribution is 2.50. The van der Waals surface area contributed by atoms with E-state index in [1.807, 2.05) is 40.7 Å². The Hall–Kier alpha value is -1.13. The summed E-state index contributed by atoms with van der Waals surface area (Å²) in [5.41, 5.74) is -1.34. The molecule has 1 unspecified atom stereocenters. The van der Waals surface area contributed by atoms with Gasteiger partial charge in [0.25, 0.3) is 0 Å². The van der Waals surface area contributed by atoms with Crippen molar-refractivity contribution in [3.63, 3.8) is 0 Å². The summed E-state index contributed by atoms with van der Waals surface area (Å²) in [6.07, 6.45) is 3.88. The molecule has 0 saturated carbocycles. The van der Waals surface area contributed by atoms with E-state index in [2.05, 4.69) is 4.98 Å². The van der Waals surface area contributed by atoms with Crippen LogP contribution < -0.4 is 4.74 Å². The fraction of sp³-hybridized carbons (Fsp3) is 0.667. The number of nitrogens with zero attached hydrogens (tertiary/aromatic N) is 1. The first kappa shape index (κ1) is 14.3. The van der Waals surface area contributed by atoms with Gasteiger partial charge in [-0.1, -0.05) is 0 Å². The van der Waals surface area contributed by atoms with Crippen LogP contribution in [0, 0.1) is 0 Å². The predicted molar refractivity (Wildman–Crippen MR) is 73.2 cm³/mol. The molecule has 0 aromatic carbocycles. The van der Waals surface area contributed by atoms with Crippen molar-refractivity contribution in [3.05, 3.63) is 24.0 Å². The molecule has 19 heavy (non-hydrogen) atoms. The quantitative estimate of drug-likeness (QED) is 0.913. The topological polar surface area (TPSA) is 51.6 Å². The van der Waals surface area contributed by atoms with Crippen LogP contribution in [-0.2, 0) is 10.3 Å². The highest BCUT2D eigenvalue weighted by atomic mass is 16.5. The minimum absolute atomic E-state index is 0.361. The summed E-state index contributed by atoms with van der Waals surface area (Å²) in [5.74, 6) is 0.675. The van der Waals surface area contributed by atoms with Crippen LogP contribution in [0.3, 0.4) is 0 Å². The maximum atomic E-state index is 11.1. The number of pyridine rings is 1. The summed E-state index contributed by atoms with van der Waals surface area (Å²) in [5, 5.41) is 11.1. The second-order valence-corrected chi connectivity index (χ2v) is 6.25. The van der Waals surface area contributed by atoms with Crippen LogP contribution in [0.25, 0.3) is 0 Å². The number of rotatable bonds is 3. The highest BCUT2D eigenvalue weighted by molar-refractivity contribution is 5.32. The molecule has 0 radical (unpaired) electrons. The molecular weight excluding hydrogens is 242 g/mol. The maximum absolute atomic E-state index is 11.1. The van der Waals surface area contributed by atoms with E-state index in [1.165, 1.54) is 0 Å². The molecule has 1 aromatic rings. The second-order valence-electron chi connectivity index (χ2n) is 6.25. The van der Waals surface area contributed by atoms with Gasteiger partial charge < -0.3 is 14.6 Å². The highest BCUT2D eigenvalue weighted by Gasteiger charge is 2.57. The lowest BCUT2D eigenvalue weighted by Crippen LogP contribution is -2.43. The van der Waals surface area contributed by atoms with Gasteiger partial charge in [0.15, 0.2) is 0 Å². The Labute approximate surface area is 114 Å². The minimum Gasteiger partial charge on any atom is -0.492 e. The van der Waals surface area contributed by atoms with Gasteiger partial charge in [-0.2, -0.15) is 0 Å². The molecule has 1 N–H and O–H groups in total. The summed E-state index contributed by atoms with van der Waals surface area (Å²) in [6, 6.07) is 1.85. The first-order valence-corrected chi connectivity index (χ1v) is 6.71. The van der Waals surface area contributed by atoms with Crippen molar-refractivity contribution in [1.29, 1.82) is 0 Å². The zero-order valence-electron chi connectivity index (χ0n) is 12.4. The average molecular weight is 265 g/mol. The third-order valence-corrected chi connectivity index (χ3v) is 3.71. The Balaban J connectivity index is 2.42. The van der Waals surface area contributed by atoms with E-state index in [0.717, 1.165) is 5.56 Å². The summed E-state index contributed by atoms with van der Waals surface area (Å²) in [7, 11) is 0. The van der Waals surface area contributed by atoms with Gasteiger partial charge in [-0.3, -0.25) is 4.98 Å². The Morgan fingerprint density at radius 2 is 2.00 bits per heavy atom. The Kier molecular flexibility index (Phi) is 3.35. The second kappa shape index (κ2) is 4.46. The third kappa shape index (κ3) is 2.47. The third-order valence-electron chi connectivity index (χ3n) is 3.71. The van der Waals surface area contributed by atoms with Crippen molar-refractivity contribution in [1.82, 2.24) is 4.98 Å². The monoisotopic (exact) mass is 265 g/mol. The first-order valence-electron chi connectivity index (χ1n) is 6.71. The molecule has 1 aliphatic heterocycles. The van der Waals surface area contributed by atoms with E-state index in [-0.39, 0.29) is 5.60 Å². The van der Waals surface area contributed by atoms with E-state index < -0.39 is 11.2 Å². The largest absolute Gasteiger partial charge is 0.492 e. The lowest BCUT2D eigenvalue weighted by molar-refractivity contribution is -0.129. The van der Waals surface area contributed by atoms with Gasteiger partial charge in [-0.05, 0) is 40.7 Å². The van der Waals surface area contributed by atoms with Gasteiger partial charge in [0.2, 0.25) is 0 Å². The van der Waals surface area contributed by atoms with Crippen molar-refractivity contribution in [2.45, 2.75) is 57.8 Å². The SMILES string of the molecule is CCOc1cncc(C2(O)CC(C)(C)OC2(C)C)c1. The Morgan fingerprint density at radius 3 is 2.53 bits per heavy atom. The van der Waals surface area contributed by atoms with Gasteiger partial charge in [-0.15, -0.1) is 0 Å². The molecule has 1 aliphatic rings. The molecule has 1 aromatic heterocycles. The van der Waals surface area contributed by atoms with Crippen LogP contribution in [0.4, 0.5) is 0 Å². The fourth-order valence-corrected chi connectivity index (χ4v) is 2.98. The minimum atomic E-state index is -1.06. The van der Waals surface area contributed by atoms with Gasteiger partial charge in [-0.25, -0.2) is 0 Å². The summed E-state index contributed by atoms with van der Waals surface area (Å²) < 4.78 is 11.4. The zero-order valence-corrected chi connectivity index (χ0v) is 12.4. The lowest BCUT2D eigenvalue weighted by Gasteiger charge is -2.35. The summed E-state index contributed by atoms with van der Waals surface area (Å²) >= 11 is 0. The molecule has 1 saturated heterocycles. The van der Waals surface area contributed by atoms with Gasteiger partial charge in [0.05, 0.1) is 24.0 Å². The van der Waals surface area contributed by atoms with Crippen LogP contribution in [0.2, 0.25) is 0 Å². The van der Waals surface area contributed by atoms with Crippen LogP contribution in [0.1, 0.15) is 46.6 Å². The Morgan fingerprint density at radius 1 is 1.32 bits per heavy atom. The summed E-state index contributed by atoms with van der Waals surface area (Å²) in [6.45, 7) is 10.3. The molecule has 1 atom stereocenters.